The quantitative estimate of drug-likeness (QED) is 0.884. The molecule has 1 atom stereocenters. The van der Waals surface area contributed by atoms with Crippen LogP contribution in [-0.4, -0.2) is 40.4 Å². The van der Waals surface area contributed by atoms with E-state index in [1.165, 1.54) is 0 Å². The van der Waals surface area contributed by atoms with Gasteiger partial charge in [-0.25, -0.2) is 0 Å². The Morgan fingerprint density at radius 3 is 2.95 bits per heavy atom. The summed E-state index contributed by atoms with van der Waals surface area (Å²) < 4.78 is 0. The molecule has 106 valence electrons. The second kappa shape index (κ2) is 6.54. The maximum Gasteiger partial charge on any atom is 0.270 e. The molecule has 2 aromatic rings. The first kappa shape index (κ1) is 14.6. The Hall–Kier alpha value is -1.85. The summed E-state index contributed by atoms with van der Waals surface area (Å²) in [4.78, 5) is 21.5. The van der Waals surface area contributed by atoms with Crippen LogP contribution in [0.3, 0.4) is 0 Å². The minimum Gasteiger partial charge on any atom is -0.357 e. The van der Waals surface area contributed by atoms with Crippen molar-refractivity contribution >= 4 is 18.3 Å². The molecule has 20 heavy (non-hydrogen) atoms. The van der Waals surface area contributed by atoms with Gasteiger partial charge < -0.3 is 15.2 Å². The maximum atomic E-state index is 12.5. The number of nitrogens with zero attached hydrogens (tertiary/aromatic N) is 2. The van der Waals surface area contributed by atoms with Gasteiger partial charge in [-0.15, -0.1) is 12.4 Å². The van der Waals surface area contributed by atoms with Crippen LogP contribution in [0.5, 0.6) is 0 Å². The third kappa shape index (κ3) is 2.84. The van der Waals surface area contributed by atoms with Crippen LogP contribution in [0.15, 0.2) is 42.9 Å². The number of carbonyl (C=O) groups excluding carboxylic acids is 1. The molecule has 2 aromatic heterocycles. The number of aromatic nitrogens is 2. The molecule has 1 amide bonds. The number of halogens is 1. The third-order valence-electron chi connectivity index (χ3n) is 3.40. The summed E-state index contributed by atoms with van der Waals surface area (Å²) in [5.74, 6) is 0.0420. The Kier molecular flexibility index (Phi) is 4.76. The smallest absolute Gasteiger partial charge is 0.270 e. The van der Waals surface area contributed by atoms with Crippen molar-refractivity contribution in [2.45, 2.75) is 6.04 Å². The van der Waals surface area contributed by atoms with Crippen LogP contribution >= 0.6 is 12.4 Å². The fourth-order valence-electron chi connectivity index (χ4n) is 2.44. The molecule has 5 nitrogen and oxygen atoms in total. The molecule has 0 radical (unpaired) electrons. The Morgan fingerprint density at radius 1 is 1.35 bits per heavy atom. The van der Waals surface area contributed by atoms with E-state index in [4.69, 9.17) is 0 Å². The zero-order valence-corrected chi connectivity index (χ0v) is 11.8. The number of piperazine rings is 1. The molecular formula is C14H17ClN4O. The van der Waals surface area contributed by atoms with Gasteiger partial charge in [0.1, 0.15) is 5.69 Å². The van der Waals surface area contributed by atoms with Crippen molar-refractivity contribution in [1.29, 1.82) is 0 Å². The van der Waals surface area contributed by atoms with Crippen LogP contribution in [0.1, 0.15) is 22.1 Å². The van der Waals surface area contributed by atoms with Crippen LogP contribution in [0, 0.1) is 0 Å². The van der Waals surface area contributed by atoms with Gasteiger partial charge in [-0.05, 0) is 23.8 Å². The molecule has 1 fully saturated rings. The predicted octanol–water partition coefficient (Wildman–Crippen LogP) is 1.62. The summed E-state index contributed by atoms with van der Waals surface area (Å²) in [6.07, 6.45) is 5.35. The summed E-state index contributed by atoms with van der Waals surface area (Å²) in [5.41, 5.74) is 1.70. The fraction of sp³-hybridized carbons (Fsp3) is 0.286. The number of rotatable bonds is 2. The van der Waals surface area contributed by atoms with Crippen molar-refractivity contribution in [2.24, 2.45) is 0 Å². The zero-order chi connectivity index (χ0) is 13.1. The molecule has 0 bridgehead atoms. The van der Waals surface area contributed by atoms with Gasteiger partial charge in [0, 0.05) is 38.2 Å². The van der Waals surface area contributed by atoms with Crippen LogP contribution in [0.4, 0.5) is 0 Å². The molecule has 0 aromatic carbocycles. The summed E-state index contributed by atoms with van der Waals surface area (Å²) in [7, 11) is 0. The van der Waals surface area contributed by atoms with Crippen molar-refractivity contribution in [1.82, 2.24) is 20.2 Å². The van der Waals surface area contributed by atoms with E-state index in [9.17, 15) is 4.79 Å². The van der Waals surface area contributed by atoms with E-state index in [-0.39, 0.29) is 24.4 Å². The lowest BCUT2D eigenvalue weighted by Crippen LogP contribution is -2.48. The number of H-pyrrole nitrogens is 1. The van der Waals surface area contributed by atoms with Crippen molar-refractivity contribution in [3.8, 4) is 0 Å². The maximum absolute atomic E-state index is 12.5. The first-order valence-electron chi connectivity index (χ1n) is 6.41. The largest absolute Gasteiger partial charge is 0.357 e. The highest BCUT2D eigenvalue weighted by Crippen LogP contribution is 2.23. The molecule has 0 saturated carbocycles. The Morgan fingerprint density at radius 2 is 2.25 bits per heavy atom. The number of nitrogens with one attached hydrogen (secondary N) is 2. The van der Waals surface area contributed by atoms with Crippen molar-refractivity contribution < 1.29 is 4.79 Å². The highest BCUT2D eigenvalue weighted by Gasteiger charge is 2.28. The van der Waals surface area contributed by atoms with Gasteiger partial charge in [0.2, 0.25) is 0 Å². The van der Waals surface area contributed by atoms with Crippen LogP contribution < -0.4 is 5.32 Å². The highest BCUT2D eigenvalue weighted by molar-refractivity contribution is 5.92. The lowest BCUT2D eigenvalue weighted by molar-refractivity contribution is 0.0628. The zero-order valence-electron chi connectivity index (χ0n) is 11.0. The van der Waals surface area contributed by atoms with E-state index >= 15 is 0 Å². The number of hydrogen-bond donors (Lipinski definition) is 2. The summed E-state index contributed by atoms with van der Waals surface area (Å²) in [6, 6.07) is 7.61. The van der Waals surface area contributed by atoms with Gasteiger partial charge in [0.15, 0.2) is 0 Å². The standard InChI is InChI=1S/C14H16N4O.ClH/c19-14(12-4-2-6-17-12)18-8-7-16-10-13(18)11-3-1-5-15-9-11;/h1-6,9,13,16-17H,7-8,10H2;1H. The molecule has 1 aliphatic rings. The first-order valence-corrected chi connectivity index (χ1v) is 6.41. The third-order valence-corrected chi connectivity index (χ3v) is 3.40. The summed E-state index contributed by atoms with van der Waals surface area (Å²) in [6.45, 7) is 2.29. The van der Waals surface area contributed by atoms with Crippen molar-refractivity contribution in [3.05, 3.63) is 54.1 Å². The van der Waals surface area contributed by atoms with E-state index in [1.54, 1.807) is 12.4 Å². The van der Waals surface area contributed by atoms with E-state index in [2.05, 4.69) is 15.3 Å². The number of carbonyl (C=O) groups is 1. The lowest BCUT2D eigenvalue weighted by Gasteiger charge is -2.36. The number of aromatic amines is 1. The van der Waals surface area contributed by atoms with Gasteiger partial charge >= 0.3 is 0 Å². The average Bonchev–Trinajstić information content (AvgIpc) is 3.02. The Bertz CT molecular complexity index is 544. The van der Waals surface area contributed by atoms with Gasteiger partial charge in [-0.2, -0.15) is 0 Å². The van der Waals surface area contributed by atoms with Gasteiger partial charge in [0.05, 0.1) is 6.04 Å². The monoisotopic (exact) mass is 292 g/mol. The van der Waals surface area contributed by atoms with Gasteiger partial charge in [-0.1, -0.05) is 6.07 Å². The molecule has 0 aliphatic carbocycles. The summed E-state index contributed by atoms with van der Waals surface area (Å²) >= 11 is 0. The SMILES string of the molecule is Cl.O=C(c1ccc[nH]1)N1CCNCC1c1cccnc1. The van der Waals surface area contributed by atoms with Crippen molar-refractivity contribution in [2.75, 3.05) is 19.6 Å². The lowest BCUT2D eigenvalue weighted by atomic mass is 10.0. The van der Waals surface area contributed by atoms with E-state index in [0.717, 1.165) is 18.7 Å². The molecule has 0 spiro atoms. The molecule has 6 heteroatoms. The average molecular weight is 293 g/mol. The fourth-order valence-corrected chi connectivity index (χ4v) is 2.44. The van der Waals surface area contributed by atoms with Crippen molar-refractivity contribution in [3.63, 3.8) is 0 Å². The summed E-state index contributed by atoms with van der Waals surface area (Å²) in [5, 5.41) is 3.33. The molecule has 1 aliphatic heterocycles. The topological polar surface area (TPSA) is 61.0 Å². The molecule has 3 rings (SSSR count). The molecular weight excluding hydrogens is 276 g/mol. The van der Waals surface area contributed by atoms with E-state index in [0.29, 0.717) is 12.2 Å². The second-order valence-corrected chi connectivity index (χ2v) is 4.59. The first-order chi connectivity index (χ1) is 9.36. The van der Waals surface area contributed by atoms with E-state index in [1.807, 2.05) is 35.4 Å². The van der Waals surface area contributed by atoms with Gasteiger partial charge in [-0.3, -0.25) is 9.78 Å². The normalized spacial score (nSPS) is 18.4. The molecule has 1 unspecified atom stereocenters. The number of hydrogen-bond acceptors (Lipinski definition) is 3. The van der Waals surface area contributed by atoms with Crippen LogP contribution in [0.2, 0.25) is 0 Å². The second-order valence-electron chi connectivity index (χ2n) is 4.59. The number of amides is 1. The Labute approximate surface area is 123 Å². The molecule has 2 N–H and O–H groups in total. The minimum absolute atomic E-state index is 0. The van der Waals surface area contributed by atoms with Crippen LogP contribution in [-0.2, 0) is 0 Å². The number of pyridine rings is 1. The van der Waals surface area contributed by atoms with E-state index < -0.39 is 0 Å². The van der Waals surface area contributed by atoms with Crippen LogP contribution in [0.25, 0.3) is 0 Å². The highest BCUT2D eigenvalue weighted by atomic mass is 35.5. The predicted molar refractivity (Wildman–Crippen MR) is 78.9 cm³/mol. The van der Waals surface area contributed by atoms with Gasteiger partial charge in [0.25, 0.3) is 5.91 Å². The Balaban J connectivity index is 0.00000147. The minimum atomic E-state index is 0. The molecule has 1 saturated heterocycles. The molecule has 3 heterocycles.